The lowest BCUT2D eigenvalue weighted by Gasteiger charge is -2.33. The van der Waals surface area contributed by atoms with Crippen molar-refractivity contribution in [3.8, 4) is 0 Å². The van der Waals surface area contributed by atoms with Gasteiger partial charge < -0.3 is 10.6 Å². The monoisotopic (exact) mass is 484 g/mol. The highest BCUT2D eigenvalue weighted by Gasteiger charge is 2.19. The first-order valence-electron chi connectivity index (χ1n) is 9.96. The maximum Gasteiger partial charge on any atom is 0.191 e. The highest BCUT2D eigenvalue weighted by molar-refractivity contribution is 14.0. The van der Waals surface area contributed by atoms with E-state index in [2.05, 4.69) is 74.1 Å². The summed E-state index contributed by atoms with van der Waals surface area (Å²) < 4.78 is 0. The Kier molecular flexibility index (Phi) is 11.0. The van der Waals surface area contributed by atoms with Gasteiger partial charge in [-0.05, 0) is 39.2 Å². The summed E-state index contributed by atoms with van der Waals surface area (Å²) in [6.45, 7) is 17.6. The molecule has 1 saturated heterocycles. The van der Waals surface area contributed by atoms with Crippen molar-refractivity contribution in [3.63, 3.8) is 0 Å². The molecule has 1 unspecified atom stereocenters. The smallest absolute Gasteiger partial charge is 0.191 e. The van der Waals surface area contributed by atoms with Gasteiger partial charge in [-0.3, -0.25) is 9.89 Å². The van der Waals surface area contributed by atoms with Crippen LogP contribution < -0.4 is 10.6 Å². The van der Waals surface area contributed by atoms with Gasteiger partial charge in [0.25, 0.3) is 0 Å². The van der Waals surface area contributed by atoms with Crippen molar-refractivity contribution in [2.24, 2.45) is 4.99 Å². The Labute approximate surface area is 182 Å². The van der Waals surface area contributed by atoms with Crippen LogP contribution in [0.5, 0.6) is 0 Å². The van der Waals surface area contributed by atoms with E-state index in [-0.39, 0.29) is 24.0 Å². The second-order valence-corrected chi connectivity index (χ2v) is 7.68. The number of rotatable bonds is 7. The Morgan fingerprint density at radius 2 is 1.89 bits per heavy atom. The number of hydrogen-bond donors (Lipinski definition) is 2. The van der Waals surface area contributed by atoms with E-state index in [9.17, 15) is 0 Å². The van der Waals surface area contributed by atoms with E-state index in [0.29, 0.717) is 12.0 Å². The fraction of sp³-hybridized carbons (Fsp3) is 0.591. The van der Waals surface area contributed by atoms with Crippen LogP contribution in [-0.4, -0.2) is 49.6 Å². The number of piperidine rings is 1. The number of aryl methyl sites for hydroxylation is 1. The van der Waals surface area contributed by atoms with Gasteiger partial charge in [0.15, 0.2) is 5.96 Å². The Morgan fingerprint density at radius 3 is 2.44 bits per heavy atom. The fourth-order valence-corrected chi connectivity index (χ4v) is 3.36. The number of benzene rings is 1. The minimum absolute atomic E-state index is 0. The molecular formula is C22H37IN4. The molecule has 1 aromatic rings. The predicted molar refractivity (Wildman–Crippen MR) is 128 cm³/mol. The van der Waals surface area contributed by atoms with Crippen LogP contribution in [0.3, 0.4) is 0 Å². The number of likely N-dealkylation sites (tertiary alicyclic amines) is 1. The molecule has 27 heavy (non-hydrogen) atoms. The molecular weight excluding hydrogens is 447 g/mol. The van der Waals surface area contributed by atoms with Gasteiger partial charge in [-0.1, -0.05) is 48.9 Å². The number of hydrogen-bond acceptors (Lipinski definition) is 2. The number of aliphatic imine (C=N–C) groups is 1. The highest BCUT2D eigenvalue weighted by Crippen LogP contribution is 2.16. The summed E-state index contributed by atoms with van der Waals surface area (Å²) >= 11 is 0. The Bertz CT molecular complexity index is 589. The zero-order valence-electron chi connectivity index (χ0n) is 17.4. The van der Waals surface area contributed by atoms with Gasteiger partial charge in [0.1, 0.15) is 0 Å². The van der Waals surface area contributed by atoms with Crippen LogP contribution in [0.4, 0.5) is 0 Å². The zero-order chi connectivity index (χ0) is 18.9. The van der Waals surface area contributed by atoms with E-state index in [1.54, 1.807) is 0 Å². The molecule has 0 saturated carbocycles. The summed E-state index contributed by atoms with van der Waals surface area (Å²) in [7, 11) is 0. The van der Waals surface area contributed by atoms with Gasteiger partial charge in [-0.25, -0.2) is 0 Å². The summed E-state index contributed by atoms with van der Waals surface area (Å²) in [5.74, 6) is 1.37. The van der Waals surface area contributed by atoms with Gasteiger partial charge >= 0.3 is 0 Å². The molecule has 0 amide bonds. The minimum atomic E-state index is 0. The first-order valence-corrected chi connectivity index (χ1v) is 9.96. The second-order valence-electron chi connectivity index (χ2n) is 7.68. The van der Waals surface area contributed by atoms with Gasteiger partial charge in [-0.2, -0.15) is 0 Å². The molecule has 0 bridgehead atoms. The largest absolute Gasteiger partial charge is 0.357 e. The maximum atomic E-state index is 4.84. The van der Waals surface area contributed by atoms with Gasteiger partial charge in [0.2, 0.25) is 0 Å². The molecule has 1 aliphatic rings. The SMILES string of the molecule is C=C(C)CN1CCC(NC(=NCC(C)c2ccc(C)cc2)NCC)CC1.I. The third-order valence-electron chi connectivity index (χ3n) is 4.94. The Balaban J connectivity index is 0.00000364. The van der Waals surface area contributed by atoms with Gasteiger partial charge in [0, 0.05) is 44.7 Å². The molecule has 4 nitrogen and oxygen atoms in total. The summed E-state index contributed by atoms with van der Waals surface area (Å²) in [6.07, 6.45) is 2.32. The normalized spacial score (nSPS) is 17.1. The molecule has 0 radical (unpaired) electrons. The van der Waals surface area contributed by atoms with Crippen LogP contribution in [0, 0.1) is 6.92 Å². The van der Waals surface area contributed by atoms with Crippen LogP contribution in [0.1, 0.15) is 50.7 Å². The molecule has 0 aliphatic carbocycles. The zero-order valence-corrected chi connectivity index (χ0v) is 19.8. The lowest BCUT2D eigenvalue weighted by atomic mass is 10.0. The second kappa shape index (κ2) is 12.4. The lowest BCUT2D eigenvalue weighted by Crippen LogP contribution is -2.49. The highest BCUT2D eigenvalue weighted by atomic mass is 127. The predicted octanol–water partition coefficient (Wildman–Crippen LogP) is 4.31. The standard InChI is InChI=1S/C22H36N4.HI/c1-6-23-22(24-15-19(5)20-9-7-18(4)8-10-20)25-21-11-13-26(14-12-21)16-17(2)3;/h7-10,19,21H,2,6,11-16H2,1,3-5H3,(H2,23,24,25);1H. The van der Waals surface area contributed by atoms with Crippen molar-refractivity contribution >= 4 is 29.9 Å². The van der Waals surface area contributed by atoms with Gasteiger partial charge in [0.05, 0.1) is 0 Å². The average molecular weight is 484 g/mol. The van der Waals surface area contributed by atoms with Crippen molar-refractivity contribution in [1.29, 1.82) is 0 Å². The quantitative estimate of drug-likeness (QED) is 0.262. The van der Waals surface area contributed by atoms with Crippen LogP contribution in [0.2, 0.25) is 0 Å². The molecule has 2 rings (SSSR count). The van der Waals surface area contributed by atoms with Crippen molar-refractivity contribution < 1.29 is 0 Å². The average Bonchev–Trinajstić information content (AvgIpc) is 2.61. The molecule has 1 heterocycles. The molecule has 1 aliphatic heterocycles. The Hall–Kier alpha value is -1.08. The van der Waals surface area contributed by atoms with E-state index in [4.69, 9.17) is 4.99 Å². The van der Waals surface area contributed by atoms with E-state index < -0.39 is 0 Å². The van der Waals surface area contributed by atoms with Gasteiger partial charge in [-0.15, -0.1) is 24.0 Å². The number of nitrogens with zero attached hydrogens (tertiary/aromatic N) is 2. The molecule has 1 fully saturated rings. The van der Waals surface area contributed by atoms with Crippen molar-refractivity contribution in [2.45, 2.75) is 52.5 Å². The molecule has 1 atom stereocenters. The van der Waals surface area contributed by atoms with E-state index in [1.807, 2.05) is 0 Å². The van der Waals surface area contributed by atoms with E-state index in [1.165, 1.54) is 16.7 Å². The van der Waals surface area contributed by atoms with E-state index >= 15 is 0 Å². The van der Waals surface area contributed by atoms with Crippen molar-refractivity contribution in [3.05, 3.63) is 47.5 Å². The molecule has 2 N–H and O–H groups in total. The maximum absolute atomic E-state index is 4.84. The topological polar surface area (TPSA) is 39.7 Å². The molecule has 0 spiro atoms. The van der Waals surface area contributed by atoms with Crippen LogP contribution >= 0.6 is 24.0 Å². The van der Waals surface area contributed by atoms with Crippen LogP contribution in [-0.2, 0) is 0 Å². The third kappa shape index (κ3) is 8.64. The van der Waals surface area contributed by atoms with E-state index in [0.717, 1.165) is 51.5 Å². The number of nitrogens with one attached hydrogen (secondary N) is 2. The molecule has 152 valence electrons. The summed E-state index contributed by atoms with van der Waals surface area (Å²) in [4.78, 5) is 7.33. The lowest BCUT2D eigenvalue weighted by molar-refractivity contribution is 0.221. The summed E-state index contributed by atoms with van der Waals surface area (Å²) in [6, 6.07) is 9.29. The number of guanidine groups is 1. The first-order chi connectivity index (χ1) is 12.5. The molecule has 5 heteroatoms. The fourth-order valence-electron chi connectivity index (χ4n) is 3.36. The summed E-state index contributed by atoms with van der Waals surface area (Å²) in [5.41, 5.74) is 3.90. The third-order valence-corrected chi connectivity index (χ3v) is 4.94. The Morgan fingerprint density at radius 1 is 1.26 bits per heavy atom. The first kappa shape index (κ1) is 24.0. The minimum Gasteiger partial charge on any atom is -0.357 e. The molecule has 0 aromatic heterocycles. The molecule has 1 aromatic carbocycles. The summed E-state index contributed by atoms with van der Waals surface area (Å²) in [5, 5.41) is 7.04. The van der Waals surface area contributed by atoms with Crippen LogP contribution in [0.25, 0.3) is 0 Å². The van der Waals surface area contributed by atoms with Crippen LogP contribution in [0.15, 0.2) is 41.4 Å². The van der Waals surface area contributed by atoms with Crippen molar-refractivity contribution in [2.75, 3.05) is 32.7 Å². The van der Waals surface area contributed by atoms with Crippen molar-refractivity contribution in [1.82, 2.24) is 15.5 Å². The number of halogens is 1.